The van der Waals surface area contributed by atoms with Crippen LogP contribution in [0, 0.1) is 11.8 Å². The maximum absolute atomic E-state index is 12.4. The van der Waals surface area contributed by atoms with Gasteiger partial charge >= 0.3 is 0 Å². The van der Waals surface area contributed by atoms with Crippen LogP contribution in [0.5, 0.6) is 0 Å². The molecule has 1 aromatic carbocycles. The molecular formula is C20H28N2O3. The number of nitrogens with zero attached hydrogens (tertiary/aromatic N) is 2. The van der Waals surface area contributed by atoms with Gasteiger partial charge in [0.25, 0.3) is 11.8 Å². The van der Waals surface area contributed by atoms with Gasteiger partial charge in [-0.05, 0) is 49.8 Å². The highest BCUT2D eigenvalue weighted by molar-refractivity contribution is 6.21. The van der Waals surface area contributed by atoms with Crippen LogP contribution in [0.15, 0.2) is 24.3 Å². The number of likely N-dealkylation sites (tertiary alicyclic amines) is 1. The van der Waals surface area contributed by atoms with E-state index >= 15 is 0 Å². The molecule has 0 spiro atoms. The standard InChI is InChI=1S/C20H28N2O3/c1-14(2)10-15-6-5-9-21(11-15)12-16(23)13-22-19(24)17-7-3-4-8-18(17)20(22)25/h3-4,7-8,14-16,23H,5-6,9-13H2,1-2H3. The van der Waals surface area contributed by atoms with Crippen molar-refractivity contribution in [1.82, 2.24) is 9.80 Å². The lowest BCUT2D eigenvalue weighted by molar-refractivity contribution is 0.0413. The molecule has 0 saturated carbocycles. The molecule has 3 rings (SSSR count). The summed E-state index contributed by atoms with van der Waals surface area (Å²) < 4.78 is 0. The number of carbonyl (C=O) groups excluding carboxylic acids is 2. The van der Waals surface area contributed by atoms with E-state index in [1.807, 2.05) is 0 Å². The molecule has 5 nitrogen and oxygen atoms in total. The molecule has 2 aliphatic heterocycles. The maximum Gasteiger partial charge on any atom is 0.261 e. The highest BCUT2D eigenvalue weighted by Crippen LogP contribution is 2.25. The number of imide groups is 1. The zero-order valence-corrected chi connectivity index (χ0v) is 15.1. The van der Waals surface area contributed by atoms with Crippen LogP contribution in [0.3, 0.4) is 0 Å². The summed E-state index contributed by atoms with van der Waals surface area (Å²) in [5.41, 5.74) is 0.879. The second kappa shape index (κ2) is 7.67. The van der Waals surface area contributed by atoms with Gasteiger partial charge in [0.15, 0.2) is 0 Å². The zero-order valence-electron chi connectivity index (χ0n) is 15.1. The Morgan fingerprint density at radius 1 is 1.12 bits per heavy atom. The first-order valence-corrected chi connectivity index (χ1v) is 9.31. The Hall–Kier alpha value is -1.72. The van der Waals surface area contributed by atoms with Gasteiger partial charge < -0.3 is 10.0 Å². The summed E-state index contributed by atoms with van der Waals surface area (Å²) in [7, 11) is 0. The van der Waals surface area contributed by atoms with Crippen molar-refractivity contribution in [3.05, 3.63) is 35.4 Å². The first-order chi connectivity index (χ1) is 12.0. The smallest absolute Gasteiger partial charge is 0.261 e. The fraction of sp³-hybridized carbons (Fsp3) is 0.600. The van der Waals surface area contributed by atoms with E-state index < -0.39 is 6.10 Å². The molecule has 2 unspecified atom stereocenters. The van der Waals surface area contributed by atoms with Crippen LogP contribution in [0.25, 0.3) is 0 Å². The topological polar surface area (TPSA) is 60.9 Å². The summed E-state index contributed by atoms with van der Waals surface area (Å²) in [5, 5.41) is 10.5. The molecule has 25 heavy (non-hydrogen) atoms. The van der Waals surface area contributed by atoms with Gasteiger partial charge in [0.2, 0.25) is 0 Å². The lowest BCUT2D eigenvalue weighted by Crippen LogP contribution is -2.45. The monoisotopic (exact) mass is 344 g/mol. The Bertz CT molecular complexity index is 609. The molecule has 1 N–H and O–H groups in total. The summed E-state index contributed by atoms with van der Waals surface area (Å²) in [5.74, 6) is 0.778. The molecule has 2 atom stereocenters. The fourth-order valence-electron chi connectivity index (χ4n) is 4.15. The zero-order chi connectivity index (χ0) is 18.0. The van der Waals surface area contributed by atoms with Crippen LogP contribution in [0.1, 0.15) is 53.8 Å². The highest BCUT2D eigenvalue weighted by atomic mass is 16.3. The molecular weight excluding hydrogens is 316 g/mol. The van der Waals surface area contributed by atoms with E-state index in [-0.39, 0.29) is 18.4 Å². The summed E-state index contributed by atoms with van der Waals surface area (Å²) in [4.78, 5) is 28.2. The minimum absolute atomic E-state index is 0.0672. The molecule has 1 saturated heterocycles. The molecule has 0 aromatic heterocycles. The third kappa shape index (κ3) is 4.10. The normalized spacial score (nSPS) is 22.6. The average Bonchev–Trinajstić information content (AvgIpc) is 2.80. The van der Waals surface area contributed by atoms with Crippen LogP contribution in [-0.2, 0) is 0 Å². The largest absolute Gasteiger partial charge is 0.390 e. The summed E-state index contributed by atoms with van der Waals surface area (Å²) in [6.07, 6.45) is 2.91. The number of hydrogen-bond donors (Lipinski definition) is 1. The van der Waals surface area contributed by atoms with Crippen molar-refractivity contribution in [2.75, 3.05) is 26.2 Å². The number of amides is 2. The third-order valence-electron chi connectivity index (χ3n) is 5.15. The number of aliphatic hydroxyl groups is 1. The molecule has 2 aliphatic rings. The number of fused-ring (bicyclic) bond motifs is 1. The van der Waals surface area contributed by atoms with Gasteiger partial charge in [0, 0.05) is 13.1 Å². The number of β-amino-alcohol motifs (C(OH)–C–C–N with tert-alkyl or cyclic N) is 1. The Balaban J connectivity index is 1.56. The second-order valence-electron chi connectivity index (χ2n) is 7.82. The molecule has 1 aromatic rings. The first-order valence-electron chi connectivity index (χ1n) is 9.31. The van der Waals surface area contributed by atoms with E-state index in [0.29, 0.717) is 29.5 Å². The maximum atomic E-state index is 12.4. The van der Waals surface area contributed by atoms with E-state index in [4.69, 9.17) is 0 Å². The number of aliphatic hydroxyl groups excluding tert-OH is 1. The van der Waals surface area contributed by atoms with Crippen molar-refractivity contribution < 1.29 is 14.7 Å². The summed E-state index contributed by atoms with van der Waals surface area (Å²) >= 11 is 0. The van der Waals surface area contributed by atoms with Crippen LogP contribution in [0.4, 0.5) is 0 Å². The van der Waals surface area contributed by atoms with Crippen molar-refractivity contribution in [3.63, 3.8) is 0 Å². The Labute approximate surface area is 149 Å². The van der Waals surface area contributed by atoms with Crippen molar-refractivity contribution in [3.8, 4) is 0 Å². The molecule has 2 heterocycles. The van der Waals surface area contributed by atoms with Crippen molar-refractivity contribution in [1.29, 1.82) is 0 Å². The number of hydrogen-bond acceptors (Lipinski definition) is 4. The Morgan fingerprint density at radius 2 is 1.76 bits per heavy atom. The molecule has 5 heteroatoms. The Morgan fingerprint density at radius 3 is 2.36 bits per heavy atom. The minimum atomic E-state index is -0.708. The van der Waals surface area contributed by atoms with E-state index in [0.717, 1.165) is 19.5 Å². The van der Waals surface area contributed by atoms with Crippen LogP contribution in [-0.4, -0.2) is 59.0 Å². The first kappa shape index (κ1) is 18.1. The molecule has 0 bridgehead atoms. The quantitative estimate of drug-likeness (QED) is 0.805. The minimum Gasteiger partial charge on any atom is -0.390 e. The molecule has 0 aliphatic carbocycles. The fourth-order valence-corrected chi connectivity index (χ4v) is 4.15. The predicted octanol–water partition coefficient (Wildman–Crippen LogP) is 2.40. The summed E-state index contributed by atoms with van der Waals surface area (Å²) in [6.45, 7) is 7.05. The lowest BCUT2D eigenvalue weighted by Gasteiger charge is -2.35. The highest BCUT2D eigenvalue weighted by Gasteiger charge is 2.36. The van der Waals surface area contributed by atoms with Crippen molar-refractivity contribution in [2.45, 2.75) is 39.2 Å². The van der Waals surface area contributed by atoms with Gasteiger partial charge in [-0.1, -0.05) is 26.0 Å². The van der Waals surface area contributed by atoms with Crippen LogP contribution < -0.4 is 0 Å². The molecule has 2 amide bonds. The number of rotatable bonds is 6. The van der Waals surface area contributed by atoms with E-state index in [9.17, 15) is 14.7 Å². The molecule has 0 radical (unpaired) electrons. The van der Waals surface area contributed by atoms with Crippen LogP contribution >= 0.6 is 0 Å². The van der Waals surface area contributed by atoms with Gasteiger partial charge in [-0.15, -0.1) is 0 Å². The number of benzene rings is 1. The van der Waals surface area contributed by atoms with E-state index in [2.05, 4.69) is 18.7 Å². The third-order valence-corrected chi connectivity index (χ3v) is 5.15. The van der Waals surface area contributed by atoms with Crippen molar-refractivity contribution >= 4 is 11.8 Å². The van der Waals surface area contributed by atoms with Gasteiger partial charge in [-0.25, -0.2) is 0 Å². The Kier molecular flexibility index (Phi) is 5.54. The van der Waals surface area contributed by atoms with Crippen LogP contribution in [0.2, 0.25) is 0 Å². The second-order valence-corrected chi connectivity index (χ2v) is 7.82. The predicted molar refractivity (Wildman–Crippen MR) is 96.4 cm³/mol. The average molecular weight is 344 g/mol. The molecule has 1 fully saturated rings. The van der Waals surface area contributed by atoms with Crippen molar-refractivity contribution in [2.24, 2.45) is 11.8 Å². The number of carbonyl (C=O) groups is 2. The van der Waals surface area contributed by atoms with E-state index in [1.165, 1.54) is 17.7 Å². The van der Waals surface area contributed by atoms with Gasteiger partial charge in [0.05, 0.1) is 23.8 Å². The van der Waals surface area contributed by atoms with E-state index in [1.54, 1.807) is 24.3 Å². The number of piperidine rings is 1. The lowest BCUT2D eigenvalue weighted by atomic mass is 9.89. The van der Waals surface area contributed by atoms with Gasteiger partial charge in [-0.2, -0.15) is 0 Å². The summed E-state index contributed by atoms with van der Waals surface area (Å²) in [6, 6.07) is 6.85. The van der Waals surface area contributed by atoms with Gasteiger partial charge in [-0.3, -0.25) is 14.5 Å². The molecule has 136 valence electrons. The SMILES string of the molecule is CC(C)CC1CCCN(CC(O)CN2C(=O)c3ccccc3C2=O)C1. The van der Waals surface area contributed by atoms with Gasteiger partial charge in [0.1, 0.15) is 0 Å².